The van der Waals surface area contributed by atoms with Crippen LogP contribution >= 0.6 is 0 Å². The van der Waals surface area contributed by atoms with Crippen LogP contribution in [0.3, 0.4) is 0 Å². The van der Waals surface area contributed by atoms with Crippen molar-refractivity contribution < 1.29 is 7.59 Å². The highest BCUT2D eigenvalue weighted by Crippen LogP contribution is 2.26. The number of aromatic nitrogens is 4. The molecule has 0 amide bonds. The lowest BCUT2D eigenvalue weighted by molar-refractivity contribution is 0.461. The van der Waals surface area contributed by atoms with Gasteiger partial charge in [-0.15, -0.1) is 0 Å². The summed E-state index contributed by atoms with van der Waals surface area (Å²) in [6, 6.07) is 16.5. The Morgan fingerprint density at radius 1 is 1.12 bits per heavy atom. The van der Waals surface area contributed by atoms with Crippen LogP contribution in [0.1, 0.15) is 8.42 Å². The van der Waals surface area contributed by atoms with E-state index in [0.717, 1.165) is 11.0 Å². The highest BCUT2D eigenvalue weighted by Gasteiger charge is 2.13. The molecule has 25 heavy (non-hydrogen) atoms. The minimum absolute atomic E-state index is 0. The van der Waals surface area contributed by atoms with E-state index >= 15 is 0 Å². The van der Waals surface area contributed by atoms with Gasteiger partial charge in [0.25, 0.3) is 0 Å². The molecule has 0 saturated carbocycles. The summed E-state index contributed by atoms with van der Waals surface area (Å²) in [4.78, 5) is 16.2. The average Bonchev–Trinajstić information content (AvgIpc) is 3.07. The Morgan fingerprint density at radius 2 is 2.00 bits per heavy atom. The SMILES string of the molecule is N#Cc1cccc(Oc2cnc(N)c(-c3nc4ccccc4[nH]3)n2)c1.[HH].[HH]. The summed E-state index contributed by atoms with van der Waals surface area (Å²) in [5.41, 5.74) is 8.55. The van der Waals surface area contributed by atoms with Crippen LogP contribution in [0.25, 0.3) is 22.6 Å². The molecule has 7 nitrogen and oxygen atoms in total. The first-order chi connectivity index (χ1) is 12.2. The quantitative estimate of drug-likeness (QED) is 0.590. The number of hydrogen-bond donors (Lipinski definition) is 2. The van der Waals surface area contributed by atoms with Crippen molar-refractivity contribution in [2.75, 3.05) is 5.73 Å². The van der Waals surface area contributed by atoms with Gasteiger partial charge in [-0.25, -0.2) is 15.0 Å². The van der Waals surface area contributed by atoms with Crippen molar-refractivity contribution in [3.63, 3.8) is 0 Å². The van der Waals surface area contributed by atoms with Crippen molar-refractivity contribution in [2.24, 2.45) is 0 Å². The number of nitrogens with zero attached hydrogens (tertiary/aromatic N) is 4. The van der Waals surface area contributed by atoms with E-state index in [9.17, 15) is 0 Å². The molecule has 0 atom stereocenters. The van der Waals surface area contributed by atoms with E-state index in [1.54, 1.807) is 24.3 Å². The number of para-hydroxylation sites is 2. The number of anilines is 1. The van der Waals surface area contributed by atoms with Crippen molar-refractivity contribution in [1.29, 1.82) is 5.26 Å². The second-order valence-electron chi connectivity index (χ2n) is 5.29. The molecule has 0 fully saturated rings. The van der Waals surface area contributed by atoms with E-state index in [1.807, 2.05) is 24.3 Å². The molecule has 3 N–H and O–H groups in total. The maximum absolute atomic E-state index is 8.96. The van der Waals surface area contributed by atoms with Crippen molar-refractivity contribution >= 4 is 16.9 Å². The third kappa shape index (κ3) is 2.84. The van der Waals surface area contributed by atoms with E-state index in [-0.39, 0.29) is 14.6 Å². The Labute approximate surface area is 145 Å². The lowest BCUT2D eigenvalue weighted by Gasteiger charge is -2.07. The monoisotopic (exact) mass is 332 g/mol. The summed E-state index contributed by atoms with van der Waals surface area (Å²) in [6.45, 7) is 0. The summed E-state index contributed by atoms with van der Waals surface area (Å²) in [7, 11) is 0. The largest absolute Gasteiger partial charge is 0.437 e. The zero-order valence-corrected chi connectivity index (χ0v) is 13.0. The van der Waals surface area contributed by atoms with Gasteiger partial charge in [0, 0.05) is 2.85 Å². The Balaban J connectivity index is 0.00000131. The van der Waals surface area contributed by atoms with E-state index in [1.165, 1.54) is 6.20 Å². The van der Waals surface area contributed by atoms with Gasteiger partial charge in [-0.1, -0.05) is 18.2 Å². The molecule has 2 aromatic carbocycles. The van der Waals surface area contributed by atoms with Gasteiger partial charge in [0.15, 0.2) is 17.3 Å². The predicted octanol–water partition coefficient (Wildman–Crippen LogP) is 3.76. The highest BCUT2D eigenvalue weighted by molar-refractivity contribution is 5.80. The summed E-state index contributed by atoms with van der Waals surface area (Å²) in [6.07, 6.45) is 1.43. The zero-order chi connectivity index (χ0) is 17.2. The van der Waals surface area contributed by atoms with E-state index in [0.29, 0.717) is 22.8 Å². The van der Waals surface area contributed by atoms with Crippen molar-refractivity contribution in [3.05, 3.63) is 60.3 Å². The van der Waals surface area contributed by atoms with E-state index in [2.05, 4.69) is 26.0 Å². The fraction of sp³-hybridized carbons (Fsp3) is 0. The fourth-order valence-corrected chi connectivity index (χ4v) is 2.42. The zero-order valence-electron chi connectivity index (χ0n) is 13.0. The molecule has 0 aliphatic rings. The fourth-order valence-electron chi connectivity index (χ4n) is 2.42. The van der Waals surface area contributed by atoms with Crippen LogP contribution in [0.4, 0.5) is 5.82 Å². The molecule has 4 aromatic rings. The molecule has 4 rings (SSSR count). The number of rotatable bonds is 3. The molecule has 0 aliphatic carbocycles. The van der Waals surface area contributed by atoms with Gasteiger partial charge in [-0.3, -0.25) is 0 Å². The van der Waals surface area contributed by atoms with E-state index < -0.39 is 0 Å². The number of fused-ring (bicyclic) bond motifs is 1. The van der Waals surface area contributed by atoms with Crippen LogP contribution in [0.15, 0.2) is 54.7 Å². The first kappa shape index (κ1) is 14.7. The minimum atomic E-state index is 0. The van der Waals surface area contributed by atoms with Crippen LogP contribution in [0, 0.1) is 11.3 Å². The molecule has 7 heteroatoms. The smallest absolute Gasteiger partial charge is 0.238 e. The van der Waals surface area contributed by atoms with Gasteiger partial charge in [0.2, 0.25) is 5.88 Å². The van der Waals surface area contributed by atoms with Gasteiger partial charge < -0.3 is 15.5 Å². The molecule has 0 unspecified atom stereocenters. The van der Waals surface area contributed by atoms with Crippen LogP contribution in [0.2, 0.25) is 0 Å². The molecule has 0 saturated heterocycles. The van der Waals surface area contributed by atoms with Gasteiger partial charge in [-0.05, 0) is 30.3 Å². The number of aromatic amines is 1. The summed E-state index contributed by atoms with van der Waals surface area (Å²) >= 11 is 0. The average molecular weight is 332 g/mol. The number of nitriles is 1. The number of imidazole rings is 1. The molecule has 0 aliphatic heterocycles. The Hall–Kier alpha value is -3.92. The summed E-state index contributed by atoms with van der Waals surface area (Å²) < 4.78 is 5.69. The number of nitrogens with two attached hydrogens (primary N) is 1. The van der Waals surface area contributed by atoms with Gasteiger partial charge >= 0.3 is 0 Å². The van der Waals surface area contributed by atoms with Crippen molar-refractivity contribution in [1.82, 2.24) is 19.9 Å². The van der Waals surface area contributed by atoms with Gasteiger partial charge in [0.1, 0.15) is 5.75 Å². The number of benzene rings is 2. The van der Waals surface area contributed by atoms with Crippen LogP contribution in [-0.2, 0) is 0 Å². The number of nitrogen functional groups attached to an aromatic ring is 1. The van der Waals surface area contributed by atoms with Crippen LogP contribution in [-0.4, -0.2) is 19.9 Å². The normalized spacial score (nSPS) is 10.5. The predicted molar refractivity (Wildman–Crippen MR) is 97.0 cm³/mol. The topological polar surface area (TPSA) is 113 Å². The van der Waals surface area contributed by atoms with Crippen molar-refractivity contribution in [3.8, 4) is 29.2 Å². The molecular weight excluding hydrogens is 316 g/mol. The standard InChI is InChI=1S/C18H12N6O.2H2/c19-9-11-4-3-5-12(8-11)25-15-10-21-17(20)16(24-15)18-22-13-6-1-2-7-14(13)23-18;;/h1-8,10H,(H2,20,21)(H,22,23);2*1H. The molecule has 0 bridgehead atoms. The third-order valence-electron chi connectivity index (χ3n) is 3.58. The number of H-pyrrole nitrogens is 1. The third-order valence-corrected chi connectivity index (χ3v) is 3.58. The van der Waals surface area contributed by atoms with E-state index in [4.69, 9.17) is 15.7 Å². The van der Waals surface area contributed by atoms with Crippen LogP contribution < -0.4 is 10.5 Å². The Morgan fingerprint density at radius 3 is 2.84 bits per heavy atom. The molecule has 2 heterocycles. The maximum atomic E-state index is 8.96. The maximum Gasteiger partial charge on any atom is 0.238 e. The van der Waals surface area contributed by atoms with Crippen molar-refractivity contribution in [2.45, 2.75) is 0 Å². The molecule has 0 radical (unpaired) electrons. The lowest BCUT2D eigenvalue weighted by atomic mass is 10.2. The summed E-state index contributed by atoms with van der Waals surface area (Å²) in [5.74, 6) is 1.52. The second-order valence-corrected chi connectivity index (χ2v) is 5.29. The highest BCUT2D eigenvalue weighted by atomic mass is 16.5. The Kier molecular flexibility index (Phi) is 3.48. The summed E-state index contributed by atoms with van der Waals surface area (Å²) in [5, 5.41) is 8.96. The van der Waals surface area contributed by atoms with Gasteiger partial charge in [0.05, 0.1) is 28.9 Å². The molecule has 124 valence electrons. The van der Waals surface area contributed by atoms with Crippen LogP contribution in [0.5, 0.6) is 11.6 Å². The second kappa shape index (κ2) is 5.94. The minimum Gasteiger partial charge on any atom is -0.437 e. The molecule has 2 aromatic heterocycles. The number of ether oxygens (including phenoxy) is 1. The lowest BCUT2D eigenvalue weighted by Crippen LogP contribution is -2.00. The number of hydrogen-bond acceptors (Lipinski definition) is 6. The first-order valence-corrected chi connectivity index (χ1v) is 7.48. The molecular formula is C18H16N6O. The Bertz CT molecular complexity index is 1090. The van der Waals surface area contributed by atoms with Gasteiger partial charge in [-0.2, -0.15) is 5.26 Å². The molecule has 0 spiro atoms. The number of nitrogens with one attached hydrogen (secondary N) is 1. The first-order valence-electron chi connectivity index (χ1n) is 7.48.